The second-order valence-corrected chi connectivity index (χ2v) is 8.31. The minimum Gasteiger partial charge on any atom is -0.325 e. The molecule has 0 bridgehead atoms. The van der Waals surface area contributed by atoms with Crippen molar-refractivity contribution in [2.75, 3.05) is 11.1 Å². The van der Waals surface area contributed by atoms with Gasteiger partial charge in [-0.15, -0.1) is 11.8 Å². The van der Waals surface area contributed by atoms with E-state index in [-0.39, 0.29) is 17.5 Å². The number of fused-ring (bicyclic) bond motifs is 1. The highest BCUT2D eigenvalue weighted by Gasteiger charge is 2.33. The van der Waals surface area contributed by atoms with Gasteiger partial charge in [0.25, 0.3) is 0 Å². The fourth-order valence-electron chi connectivity index (χ4n) is 2.94. The Balaban J connectivity index is 1.71. The second-order valence-electron chi connectivity index (χ2n) is 5.98. The third-order valence-corrected chi connectivity index (χ3v) is 6.36. The molecule has 4 nitrogen and oxygen atoms in total. The fourth-order valence-corrected chi connectivity index (χ4v) is 5.35. The third-order valence-electron chi connectivity index (χ3n) is 4.13. The summed E-state index contributed by atoms with van der Waals surface area (Å²) >= 11 is 3.23. The summed E-state index contributed by atoms with van der Waals surface area (Å²) in [7, 11) is 0. The van der Waals surface area contributed by atoms with Gasteiger partial charge in [-0.25, -0.2) is 14.4 Å². The number of benzene rings is 1. The van der Waals surface area contributed by atoms with Gasteiger partial charge >= 0.3 is 0 Å². The number of thioether (sulfide) groups is 2. The molecular formula is C18H20FN3OS2. The predicted octanol–water partition coefficient (Wildman–Crippen LogP) is 4.64. The van der Waals surface area contributed by atoms with Gasteiger partial charge in [-0.2, -0.15) is 0 Å². The quantitative estimate of drug-likeness (QED) is 0.607. The van der Waals surface area contributed by atoms with Crippen molar-refractivity contribution in [2.45, 2.75) is 48.4 Å². The lowest BCUT2D eigenvalue weighted by molar-refractivity contribution is -0.113. The summed E-state index contributed by atoms with van der Waals surface area (Å²) in [4.78, 5) is 21.3. The van der Waals surface area contributed by atoms with Crippen LogP contribution < -0.4 is 5.32 Å². The molecule has 1 aromatic heterocycles. The van der Waals surface area contributed by atoms with Crippen LogP contribution in [0.4, 0.5) is 10.1 Å². The number of carbonyl (C=O) groups excluding carboxylic acids is 1. The van der Waals surface area contributed by atoms with Crippen molar-refractivity contribution in [3.8, 4) is 0 Å². The average molecular weight is 378 g/mol. The molecule has 0 radical (unpaired) electrons. The molecule has 0 fully saturated rings. The minimum atomic E-state index is -0.323. The lowest BCUT2D eigenvalue weighted by Gasteiger charge is -2.15. The molecule has 2 aromatic rings. The Morgan fingerprint density at radius 2 is 2.04 bits per heavy atom. The molecule has 132 valence electrons. The van der Waals surface area contributed by atoms with Gasteiger partial charge in [0.2, 0.25) is 5.91 Å². The Labute approximate surface area is 155 Å². The number of aryl methyl sites for hydroxylation is 1. The molecule has 25 heavy (non-hydrogen) atoms. The topological polar surface area (TPSA) is 54.9 Å². The zero-order valence-electron chi connectivity index (χ0n) is 14.4. The summed E-state index contributed by atoms with van der Waals surface area (Å²) in [6.45, 7) is 6.27. The van der Waals surface area contributed by atoms with E-state index in [1.54, 1.807) is 23.9 Å². The van der Waals surface area contributed by atoms with Crippen LogP contribution in [0.1, 0.15) is 37.6 Å². The summed E-state index contributed by atoms with van der Waals surface area (Å²) in [5.41, 5.74) is 1.77. The largest absolute Gasteiger partial charge is 0.325 e. The number of amides is 1. The SMILES string of the molecule is CC[C@H]1c2c(SCC(=O)Nc3ccc(F)cc3)nc(C)nc2S[C@H]1C. The number of nitrogens with one attached hydrogen (secondary N) is 1. The van der Waals surface area contributed by atoms with Crippen molar-refractivity contribution in [1.29, 1.82) is 0 Å². The fraction of sp³-hybridized carbons (Fsp3) is 0.389. The molecule has 0 saturated heterocycles. The molecule has 1 amide bonds. The molecule has 2 heterocycles. The van der Waals surface area contributed by atoms with Gasteiger partial charge < -0.3 is 5.32 Å². The van der Waals surface area contributed by atoms with E-state index in [1.165, 1.54) is 29.5 Å². The smallest absolute Gasteiger partial charge is 0.234 e. The van der Waals surface area contributed by atoms with Crippen LogP contribution in [0.15, 0.2) is 34.3 Å². The van der Waals surface area contributed by atoms with Crippen molar-refractivity contribution in [2.24, 2.45) is 0 Å². The van der Waals surface area contributed by atoms with Crippen LogP contribution in [0.3, 0.4) is 0 Å². The van der Waals surface area contributed by atoms with Gasteiger partial charge in [0, 0.05) is 22.4 Å². The summed E-state index contributed by atoms with van der Waals surface area (Å²) in [5, 5.41) is 5.21. The normalized spacial score (nSPS) is 18.9. The number of carbonyl (C=O) groups is 1. The molecule has 3 rings (SSSR count). The van der Waals surface area contributed by atoms with Gasteiger partial charge in [0.05, 0.1) is 5.75 Å². The first-order valence-electron chi connectivity index (χ1n) is 8.21. The first-order valence-corrected chi connectivity index (χ1v) is 10.1. The first-order chi connectivity index (χ1) is 12.0. The second kappa shape index (κ2) is 7.74. The number of hydrogen-bond donors (Lipinski definition) is 1. The van der Waals surface area contributed by atoms with Crippen molar-refractivity contribution >= 4 is 35.1 Å². The molecule has 0 spiro atoms. The van der Waals surface area contributed by atoms with E-state index in [0.717, 1.165) is 22.3 Å². The minimum absolute atomic E-state index is 0.131. The van der Waals surface area contributed by atoms with Gasteiger partial charge in [0.1, 0.15) is 21.7 Å². The number of nitrogens with zero attached hydrogens (tertiary/aromatic N) is 2. The molecule has 0 aliphatic carbocycles. The van der Waals surface area contributed by atoms with Crippen molar-refractivity contribution in [1.82, 2.24) is 9.97 Å². The van der Waals surface area contributed by atoms with E-state index >= 15 is 0 Å². The van der Waals surface area contributed by atoms with Gasteiger partial charge in [-0.05, 0) is 37.6 Å². The Morgan fingerprint density at radius 3 is 2.72 bits per heavy atom. The maximum Gasteiger partial charge on any atom is 0.234 e. The number of hydrogen-bond acceptors (Lipinski definition) is 5. The zero-order valence-corrected chi connectivity index (χ0v) is 16.0. The molecule has 1 aromatic carbocycles. The maximum atomic E-state index is 12.9. The maximum absolute atomic E-state index is 12.9. The lowest BCUT2D eigenvalue weighted by Crippen LogP contribution is -2.15. The van der Waals surface area contributed by atoms with Crippen LogP contribution in [-0.2, 0) is 4.79 Å². The Kier molecular flexibility index (Phi) is 5.64. The monoisotopic (exact) mass is 377 g/mol. The highest BCUT2D eigenvalue weighted by atomic mass is 32.2. The highest BCUT2D eigenvalue weighted by Crippen LogP contribution is 2.48. The Bertz CT molecular complexity index is 783. The van der Waals surface area contributed by atoms with E-state index in [9.17, 15) is 9.18 Å². The van der Waals surface area contributed by atoms with Crippen LogP contribution in [0.5, 0.6) is 0 Å². The third kappa shape index (κ3) is 4.15. The standard InChI is InChI=1S/C18H20FN3OS2/c1-4-14-10(2)25-18-16(14)17(20-11(3)21-18)24-9-15(23)22-13-7-5-12(19)6-8-13/h5-8,10,14H,4,9H2,1-3H3,(H,22,23)/t10-,14+/m0/s1. The van der Waals surface area contributed by atoms with Crippen LogP contribution in [-0.4, -0.2) is 26.9 Å². The zero-order chi connectivity index (χ0) is 18.0. The predicted molar refractivity (Wildman–Crippen MR) is 101 cm³/mol. The van der Waals surface area contributed by atoms with E-state index in [4.69, 9.17) is 0 Å². The molecular weight excluding hydrogens is 357 g/mol. The van der Waals surface area contributed by atoms with Gasteiger partial charge in [-0.1, -0.05) is 25.6 Å². The molecule has 7 heteroatoms. The van der Waals surface area contributed by atoms with Crippen molar-refractivity contribution < 1.29 is 9.18 Å². The Hall–Kier alpha value is -1.60. The molecule has 1 aliphatic rings. The Morgan fingerprint density at radius 1 is 1.32 bits per heavy atom. The van der Waals surface area contributed by atoms with Crippen LogP contribution >= 0.6 is 23.5 Å². The number of aromatic nitrogens is 2. The van der Waals surface area contributed by atoms with E-state index in [2.05, 4.69) is 29.1 Å². The summed E-state index contributed by atoms with van der Waals surface area (Å²) in [5.74, 6) is 0.959. The van der Waals surface area contributed by atoms with Crippen LogP contribution in [0.25, 0.3) is 0 Å². The average Bonchev–Trinajstić information content (AvgIpc) is 2.89. The molecule has 1 N–H and O–H groups in total. The summed E-state index contributed by atoms with van der Waals surface area (Å²) in [6.07, 6.45) is 1.03. The van der Waals surface area contributed by atoms with E-state index in [0.29, 0.717) is 16.9 Å². The number of rotatable bonds is 5. The molecule has 0 saturated carbocycles. The van der Waals surface area contributed by atoms with Crippen molar-refractivity contribution in [3.05, 3.63) is 41.5 Å². The summed E-state index contributed by atoms with van der Waals surface area (Å²) in [6, 6.07) is 5.76. The van der Waals surface area contributed by atoms with E-state index in [1.807, 2.05) is 6.92 Å². The lowest BCUT2D eigenvalue weighted by atomic mass is 9.96. The number of anilines is 1. The highest BCUT2D eigenvalue weighted by molar-refractivity contribution is 8.01. The van der Waals surface area contributed by atoms with E-state index < -0.39 is 0 Å². The van der Waals surface area contributed by atoms with Crippen LogP contribution in [0, 0.1) is 12.7 Å². The molecule has 1 aliphatic heterocycles. The van der Waals surface area contributed by atoms with Crippen LogP contribution in [0.2, 0.25) is 0 Å². The molecule has 2 atom stereocenters. The molecule has 0 unspecified atom stereocenters. The van der Waals surface area contributed by atoms with Crippen molar-refractivity contribution in [3.63, 3.8) is 0 Å². The van der Waals surface area contributed by atoms with Gasteiger partial charge in [-0.3, -0.25) is 4.79 Å². The van der Waals surface area contributed by atoms with Gasteiger partial charge in [0.15, 0.2) is 0 Å². The number of halogens is 1. The first kappa shape index (κ1) is 18.2. The summed E-state index contributed by atoms with van der Waals surface area (Å²) < 4.78 is 12.9.